The summed E-state index contributed by atoms with van der Waals surface area (Å²) in [7, 11) is 0. The minimum atomic E-state index is -0.150. The molecule has 19 heavy (non-hydrogen) atoms. The Kier molecular flexibility index (Phi) is 3.74. The van der Waals surface area contributed by atoms with Crippen molar-refractivity contribution in [2.45, 2.75) is 13.5 Å². The first-order valence-electron chi connectivity index (χ1n) is 5.89. The molecule has 3 heteroatoms. The molecule has 0 aromatic heterocycles. The average molecular weight is 251 g/mol. The van der Waals surface area contributed by atoms with Crippen molar-refractivity contribution in [3.8, 4) is 17.2 Å². The molecular formula is C16H13NO2. The number of nitriles is 1. The molecule has 2 rings (SSSR count). The third kappa shape index (κ3) is 2.54. The van der Waals surface area contributed by atoms with Crippen molar-refractivity contribution in [1.29, 1.82) is 5.26 Å². The maximum atomic E-state index is 11.0. The van der Waals surface area contributed by atoms with Crippen molar-refractivity contribution in [2.75, 3.05) is 0 Å². The van der Waals surface area contributed by atoms with Crippen LogP contribution in [0.3, 0.4) is 0 Å². The predicted octanol–water partition coefficient (Wildman–Crippen LogP) is 2.84. The molecule has 2 aromatic rings. The maximum absolute atomic E-state index is 11.0. The second kappa shape index (κ2) is 5.47. The number of aliphatic hydroxyl groups is 1. The Labute approximate surface area is 111 Å². The van der Waals surface area contributed by atoms with E-state index in [9.17, 15) is 9.90 Å². The molecule has 0 fully saturated rings. The lowest BCUT2D eigenvalue weighted by Gasteiger charge is -2.10. The highest BCUT2D eigenvalue weighted by Crippen LogP contribution is 2.26. The van der Waals surface area contributed by atoms with Gasteiger partial charge in [-0.3, -0.25) is 4.79 Å². The van der Waals surface area contributed by atoms with Crippen LogP contribution in [0.25, 0.3) is 11.1 Å². The summed E-state index contributed by atoms with van der Waals surface area (Å²) >= 11 is 0. The molecule has 0 bridgehead atoms. The minimum Gasteiger partial charge on any atom is -0.392 e. The molecule has 0 atom stereocenters. The molecule has 0 heterocycles. The molecule has 1 N–H and O–H groups in total. The maximum Gasteiger partial charge on any atom is 0.150 e. The number of rotatable bonds is 3. The van der Waals surface area contributed by atoms with Crippen LogP contribution in [0.5, 0.6) is 0 Å². The van der Waals surface area contributed by atoms with E-state index >= 15 is 0 Å². The third-order valence-electron chi connectivity index (χ3n) is 3.11. The van der Waals surface area contributed by atoms with Gasteiger partial charge in [0.2, 0.25) is 0 Å². The van der Waals surface area contributed by atoms with Gasteiger partial charge in [-0.15, -0.1) is 0 Å². The molecular weight excluding hydrogens is 238 g/mol. The zero-order valence-corrected chi connectivity index (χ0v) is 10.6. The Morgan fingerprint density at radius 3 is 2.47 bits per heavy atom. The van der Waals surface area contributed by atoms with Crippen LogP contribution in [0.1, 0.15) is 27.0 Å². The molecule has 0 aliphatic heterocycles. The van der Waals surface area contributed by atoms with Crippen LogP contribution in [0.4, 0.5) is 0 Å². The van der Waals surface area contributed by atoms with E-state index in [1.54, 1.807) is 18.2 Å². The fraction of sp³-hybridized carbons (Fsp3) is 0.125. The van der Waals surface area contributed by atoms with Crippen LogP contribution in [0.2, 0.25) is 0 Å². The van der Waals surface area contributed by atoms with E-state index in [4.69, 9.17) is 5.26 Å². The van der Waals surface area contributed by atoms with Crippen LogP contribution < -0.4 is 0 Å². The topological polar surface area (TPSA) is 61.1 Å². The summed E-state index contributed by atoms with van der Waals surface area (Å²) in [5, 5.41) is 18.0. The zero-order valence-electron chi connectivity index (χ0n) is 10.6. The highest BCUT2D eigenvalue weighted by molar-refractivity contribution is 5.82. The minimum absolute atomic E-state index is 0.150. The number of benzene rings is 2. The fourth-order valence-electron chi connectivity index (χ4n) is 2.07. The number of aldehydes is 1. The summed E-state index contributed by atoms with van der Waals surface area (Å²) in [6, 6.07) is 12.9. The summed E-state index contributed by atoms with van der Waals surface area (Å²) in [5.74, 6) is 0. The van der Waals surface area contributed by atoms with Gasteiger partial charge in [0.1, 0.15) is 6.29 Å². The van der Waals surface area contributed by atoms with Gasteiger partial charge in [0.05, 0.1) is 18.2 Å². The Morgan fingerprint density at radius 2 is 1.95 bits per heavy atom. The number of aryl methyl sites for hydroxylation is 1. The first kappa shape index (κ1) is 13.0. The van der Waals surface area contributed by atoms with Gasteiger partial charge in [0.15, 0.2) is 0 Å². The van der Waals surface area contributed by atoms with Crippen LogP contribution in [-0.2, 0) is 6.61 Å². The number of nitrogens with zero attached hydrogens (tertiary/aromatic N) is 1. The largest absolute Gasteiger partial charge is 0.392 e. The molecule has 0 aliphatic rings. The van der Waals surface area contributed by atoms with E-state index in [-0.39, 0.29) is 6.61 Å². The van der Waals surface area contributed by atoms with Gasteiger partial charge in [-0.05, 0) is 47.4 Å². The second-order valence-corrected chi connectivity index (χ2v) is 4.33. The molecule has 0 radical (unpaired) electrons. The van der Waals surface area contributed by atoms with Crippen LogP contribution >= 0.6 is 0 Å². The molecule has 0 aliphatic carbocycles. The summed E-state index contributed by atoms with van der Waals surface area (Å²) < 4.78 is 0. The SMILES string of the molecule is Cc1cc(CO)c(C=O)cc1-c1ccc(C#N)cc1. The average Bonchev–Trinajstić information content (AvgIpc) is 2.47. The van der Waals surface area contributed by atoms with E-state index in [1.165, 1.54) is 0 Å². The number of carbonyl (C=O) groups excluding carboxylic acids is 1. The molecule has 2 aromatic carbocycles. The van der Waals surface area contributed by atoms with Crippen molar-refractivity contribution >= 4 is 6.29 Å². The van der Waals surface area contributed by atoms with Crippen molar-refractivity contribution in [2.24, 2.45) is 0 Å². The monoisotopic (exact) mass is 251 g/mol. The molecule has 0 saturated heterocycles. The highest BCUT2D eigenvalue weighted by Gasteiger charge is 2.08. The molecule has 0 spiro atoms. The fourth-order valence-corrected chi connectivity index (χ4v) is 2.07. The normalized spacial score (nSPS) is 9.95. The van der Waals surface area contributed by atoms with E-state index in [0.29, 0.717) is 16.7 Å². The number of carbonyl (C=O) groups is 1. The van der Waals surface area contributed by atoms with Gasteiger partial charge in [-0.1, -0.05) is 18.2 Å². The zero-order chi connectivity index (χ0) is 13.8. The standard InChI is InChI=1S/C16H13NO2/c1-11-6-14(9-18)15(10-19)7-16(11)13-4-2-12(8-17)3-5-13/h2-7,10,18H,9H2,1H3. The summed E-state index contributed by atoms with van der Waals surface area (Å²) in [6.07, 6.45) is 0.748. The lowest BCUT2D eigenvalue weighted by Crippen LogP contribution is -1.96. The third-order valence-corrected chi connectivity index (χ3v) is 3.11. The van der Waals surface area contributed by atoms with Crippen molar-refractivity contribution < 1.29 is 9.90 Å². The second-order valence-electron chi connectivity index (χ2n) is 4.33. The molecule has 0 saturated carbocycles. The van der Waals surface area contributed by atoms with Crippen molar-refractivity contribution in [3.63, 3.8) is 0 Å². The summed E-state index contributed by atoms with van der Waals surface area (Å²) in [5.41, 5.74) is 4.59. The van der Waals surface area contributed by atoms with Crippen LogP contribution in [0, 0.1) is 18.3 Å². The Balaban J connectivity index is 2.55. The predicted molar refractivity (Wildman–Crippen MR) is 72.6 cm³/mol. The molecule has 3 nitrogen and oxygen atoms in total. The Bertz CT molecular complexity index is 652. The van der Waals surface area contributed by atoms with E-state index in [2.05, 4.69) is 6.07 Å². The summed E-state index contributed by atoms with van der Waals surface area (Å²) in [6.45, 7) is 1.78. The summed E-state index contributed by atoms with van der Waals surface area (Å²) in [4.78, 5) is 11.0. The van der Waals surface area contributed by atoms with Crippen molar-refractivity contribution in [3.05, 3.63) is 58.7 Å². The highest BCUT2D eigenvalue weighted by atomic mass is 16.3. The van der Waals surface area contributed by atoms with Crippen molar-refractivity contribution in [1.82, 2.24) is 0 Å². The first-order chi connectivity index (χ1) is 9.19. The van der Waals surface area contributed by atoms with Crippen LogP contribution in [-0.4, -0.2) is 11.4 Å². The lowest BCUT2D eigenvalue weighted by molar-refractivity contribution is 0.112. The van der Waals surface area contributed by atoms with E-state index < -0.39 is 0 Å². The number of aliphatic hydroxyl groups excluding tert-OH is 1. The first-order valence-corrected chi connectivity index (χ1v) is 5.89. The molecule has 94 valence electrons. The van der Waals surface area contributed by atoms with Gasteiger partial charge in [-0.25, -0.2) is 0 Å². The van der Waals surface area contributed by atoms with Gasteiger partial charge < -0.3 is 5.11 Å². The lowest BCUT2D eigenvalue weighted by atomic mass is 9.94. The molecule has 0 amide bonds. The number of hydrogen-bond donors (Lipinski definition) is 1. The quantitative estimate of drug-likeness (QED) is 0.853. The van der Waals surface area contributed by atoms with E-state index in [0.717, 1.165) is 23.0 Å². The van der Waals surface area contributed by atoms with E-state index in [1.807, 2.05) is 25.1 Å². The van der Waals surface area contributed by atoms with Gasteiger partial charge >= 0.3 is 0 Å². The number of hydrogen-bond acceptors (Lipinski definition) is 3. The van der Waals surface area contributed by atoms with Gasteiger partial charge in [0, 0.05) is 5.56 Å². The van der Waals surface area contributed by atoms with Crippen LogP contribution in [0.15, 0.2) is 36.4 Å². The van der Waals surface area contributed by atoms with Gasteiger partial charge in [0.25, 0.3) is 0 Å². The smallest absolute Gasteiger partial charge is 0.150 e. The molecule has 0 unspecified atom stereocenters. The van der Waals surface area contributed by atoms with Gasteiger partial charge in [-0.2, -0.15) is 5.26 Å². The Morgan fingerprint density at radius 1 is 1.26 bits per heavy atom. The Hall–Kier alpha value is -2.44.